The lowest BCUT2D eigenvalue weighted by atomic mass is 10.1. The summed E-state index contributed by atoms with van der Waals surface area (Å²) in [5.41, 5.74) is 1.52. The van der Waals surface area contributed by atoms with Gasteiger partial charge < -0.3 is 5.32 Å². The van der Waals surface area contributed by atoms with Crippen LogP contribution < -0.4 is 5.32 Å². The van der Waals surface area contributed by atoms with E-state index in [4.69, 9.17) is 0 Å². The van der Waals surface area contributed by atoms with Gasteiger partial charge in [-0.3, -0.25) is 10.1 Å². The Labute approximate surface area is 88.5 Å². The Kier molecular flexibility index (Phi) is 3.69. The van der Waals surface area contributed by atoms with Crippen LogP contribution in [-0.4, -0.2) is 11.5 Å². The van der Waals surface area contributed by atoms with Gasteiger partial charge in [-0.25, -0.2) is 0 Å². The number of nitrogens with zero attached hydrogens (tertiary/aromatic N) is 1. The second kappa shape index (κ2) is 5.01. The molecule has 0 unspecified atom stereocenters. The molecule has 1 aromatic rings. The first kappa shape index (κ1) is 11.1. The Morgan fingerprint density at radius 2 is 2.27 bits per heavy atom. The number of nitrogens with one attached hydrogen (secondary N) is 1. The molecular weight excluding hydrogens is 192 g/mol. The number of nitro benzene ring substituents is 1. The van der Waals surface area contributed by atoms with Crippen molar-refractivity contribution < 1.29 is 4.92 Å². The normalized spacial score (nSPS) is 8.93. The van der Waals surface area contributed by atoms with Gasteiger partial charge in [-0.05, 0) is 19.9 Å². The predicted octanol–water partition coefficient (Wildman–Crippen LogP) is 2.34. The van der Waals surface area contributed by atoms with Crippen LogP contribution in [0.3, 0.4) is 0 Å². The summed E-state index contributed by atoms with van der Waals surface area (Å²) in [5, 5.41) is 13.7. The molecule has 0 radical (unpaired) electrons. The summed E-state index contributed by atoms with van der Waals surface area (Å²) in [6.07, 6.45) is 0. The summed E-state index contributed by atoms with van der Waals surface area (Å²) in [4.78, 5) is 10.3. The molecule has 1 rings (SSSR count). The molecule has 0 aliphatic heterocycles. The molecule has 0 saturated carbocycles. The molecule has 0 aliphatic carbocycles. The van der Waals surface area contributed by atoms with Gasteiger partial charge in [0, 0.05) is 17.3 Å². The van der Waals surface area contributed by atoms with E-state index in [1.165, 1.54) is 6.07 Å². The van der Waals surface area contributed by atoms with Crippen molar-refractivity contribution in [1.82, 2.24) is 0 Å². The van der Waals surface area contributed by atoms with Gasteiger partial charge in [0.25, 0.3) is 5.69 Å². The summed E-state index contributed by atoms with van der Waals surface area (Å²) in [7, 11) is 0. The predicted molar refractivity (Wildman–Crippen MR) is 59.8 cm³/mol. The van der Waals surface area contributed by atoms with Crippen LogP contribution in [0.15, 0.2) is 18.2 Å². The molecule has 15 heavy (non-hydrogen) atoms. The highest BCUT2D eigenvalue weighted by Gasteiger charge is 2.12. The van der Waals surface area contributed by atoms with Gasteiger partial charge in [0.15, 0.2) is 0 Å². The fraction of sp³-hybridized carbons (Fsp3) is 0.273. The van der Waals surface area contributed by atoms with E-state index in [9.17, 15) is 10.1 Å². The van der Waals surface area contributed by atoms with E-state index in [0.29, 0.717) is 12.1 Å². The molecule has 4 nitrogen and oxygen atoms in total. The van der Waals surface area contributed by atoms with E-state index in [-0.39, 0.29) is 10.6 Å². The van der Waals surface area contributed by atoms with Gasteiger partial charge in [0.1, 0.15) is 0 Å². The Morgan fingerprint density at radius 1 is 1.53 bits per heavy atom. The van der Waals surface area contributed by atoms with E-state index >= 15 is 0 Å². The molecule has 0 heterocycles. The lowest BCUT2D eigenvalue weighted by Crippen LogP contribution is -2.02. The Hall–Kier alpha value is -2.02. The number of hydrogen-bond acceptors (Lipinski definition) is 3. The average molecular weight is 204 g/mol. The molecular formula is C11H12N2O2. The van der Waals surface area contributed by atoms with Crippen LogP contribution in [0.2, 0.25) is 0 Å². The Balaban J connectivity index is 2.92. The molecule has 0 amide bonds. The minimum Gasteiger partial charge on any atom is -0.374 e. The first-order chi connectivity index (χ1) is 7.16. The SMILES string of the molecule is CC#CCNc1cccc([N+](=O)[O-])c1C. The highest BCUT2D eigenvalue weighted by molar-refractivity contribution is 5.60. The monoisotopic (exact) mass is 204 g/mol. The summed E-state index contributed by atoms with van der Waals surface area (Å²) < 4.78 is 0. The van der Waals surface area contributed by atoms with Crippen LogP contribution in [0.1, 0.15) is 12.5 Å². The second-order valence-corrected chi connectivity index (χ2v) is 2.99. The fourth-order valence-electron chi connectivity index (χ4n) is 1.24. The average Bonchev–Trinajstić information content (AvgIpc) is 2.20. The zero-order valence-electron chi connectivity index (χ0n) is 8.70. The van der Waals surface area contributed by atoms with Gasteiger partial charge in [-0.2, -0.15) is 0 Å². The number of benzene rings is 1. The van der Waals surface area contributed by atoms with Gasteiger partial charge in [-0.15, -0.1) is 5.92 Å². The topological polar surface area (TPSA) is 55.2 Å². The summed E-state index contributed by atoms with van der Waals surface area (Å²) in [6.45, 7) is 3.97. The summed E-state index contributed by atoms with van der Waals surface area (Å²) >= 11 is 0. The van der Waals surface area contributed by atoms with Crippen molar-refractivity contribution in [2.45, 2.75) is 13.8 Å². The first-order valence-corrected chi connectivity index (χ1v) is 4.54. The Bertz CT molecular complexity index is 430. The molecule has 4 heteroatoms. The Morgan fingerprint density at radius 3 is 2.87 bits per heavy atom. The van der Waals surface area contributed by atoms with E-state index in [1.807, 2.05) is 0 Å². The molecule has 1 aromatic carbocycles. The highest BCUT2D eigenvalue weighted by atomic mass is 16.6. The lowest BCUT2D eigenvalue weighted by Gasteiger charge is -2.06. The third-order valence-electron chi connectivity index (χ3n) is 2.05. The minimum absolute atomic E-state index is 0.129. The van der Waals surface area contributed by atoms with Crippen molar-refractivity contribution in [2.24, 2.45) is 0 Å². The highest BCUT2D eigenvalue weighted by Crippen LogP contribution is 2.24. The number of anilines is 1. The van der Waals surface area contributed by atoms with Gasteiger partial charge >= 0.3 is 0 Å². The third-order valence-corrected chi connectivity index (χ3v) is 2.05. The van der Waals surface area contributed by atoms with Crippen molar-refractivity contribution in [1.29, 1.82) is 0 Å². The molecule has 1 N–H and O–H groups in total. The number of hydrogen-bond donors (Lipinski definition) is 1. The molecule has 0 aliphatic rings. The van der Waals surface area contributed by atoms with Gasteiger partial charge in [0.2, 0.25) is 0 Å². The zero-order chi connectivity index (χ0) is 11.3. The standard InChI is InChI=1S/C11H12N2O2/c1-3-4-8-12-10-6-5-7-11(9(10)2)13(14)15/h5-7,12H,8H2,1-2H3. The van der Waals surface area contributed by atoms with Crippen molar-refractivity contribution in [3.8, 4) is 11.8 Å². The van der Waals surface area contributed by atoms with E-state index in [2.05, 4.69) is 17.2 Å². The van der Waals surface area contributed by atoms with Crippen LogP contribution in [0.25, 0.3) is 0 Å². The van der Waals surface area contributed by atoms with Crippen LogP contribution >= 0.6 is 0 Å². The van der Waals surface area contributed by atoms with Crippen molar-refractivity contribution >= 4 is 11.4 Å². The van der Waals surface area contributed by atoms with E-state index < -0.39 is 0 Å². The van der Waals surface area contributed by atoms with Gasteiger partial charge in [-0.1, -0.05) is 12.0 Å². The quantitative estimate of drug-likeness (QED) is 0.467. The maximum absolute atomic E-state index is 10.7. The third kappa shape index (κ3) is 2.71. The zero-order valence-corrected chi connectivity index (χ0v) is 8.70. The maximum atomic E-state index is 10.7. The van der Waals surface area contributed by atoms with Crippen LogP contribution in [0.4, 0.5) is 11.4 Å². The molecule has 0 fully saturated rings. The summed E-state index contributed by atoms with van der Waals surface area (Å²) in [6, 6.07) is 4.96. The fourth-order valence-corrected chi connectivity index (χ4v) is 1.24. The molecule has 0 atom stereocenters. The molecule has 0 saturated heterocycles. The van der Waals surface area contributed by atoms with E-state index in [0.717, 1.165) is 5.69 Å². The van der Waals surface area contributed by atoms with Crippen molar-refractivity contribution in [2.75, 3.05) is 11.9 Å². The molecule has 0 spiro atoms. The van der Waals surface area contributed by atoms with Gasteiger partial charge in [0.05, 0.1) is 11.5 Å². The second-order valence-electron chi connectivity index (χ2n) is 2.99. The lowest BCUT2D eigenvalue weighted by molar-refractivity contribution is -0.385. The maximum Gasteiger partial charge on any atom is 0.274 e. The van der Waals surface area contributed by atoms with Crippen LogP contribution in [0.5, 0.6) is 0 Å². The van der Waals surface area contributed by atoms with Crippen LogP contribution in [0, 0.1) is 28.9 Å². The summed E-state index contributed by atoms with van der Waals surface area (Å²) in [5.74, 6) is 5.59. The van der Waals surface area contributed by atoms with Crippen molar-refractivity contribution in [3.63, 3.8) is 0 Å². The minimum atomic E-state index is -0.383. The number of nitro groups is 1. The van der Waals surface area contributed by atoms with Crippen molar-refractivity contribution in [3.05, 3.63) is 33.9 Å². The molecule has 0 aromatic heterocycles. The molecule has 78 valence electrons. The molecule has 0 bridgehead atoms. The first-order valence-electron chi connectivity index (χ1n) is 4.54. The smallest absolute Gasteiger partial charge is 0.274 e. The van der Waals surface area contributed by atoms with Crippen LogP contribution in [-0.2, 0) is 0 Å². The van der Waals surface area contributed by atoms with E-state index in [1.54, 1.807) is 26.0 Å². The largest absolute Gasteiger partial charge is 0.374 e. The number of rotatable bonds is 3.